The highest BCUT2D eigenvalue weighted by Crippen LogP contribution is 2.32. The van der Waals surface area contributed by atoms with Crippen LogP contribution in [0.4, 0.5) is 5.69 Å². The van der Waals surface area contributed by atoms with Gasteiger partial charge in [-0.2, -0.15) is 0 Å². The van der Waals surface area contributed by atoms with Crippen LogP contribution >= 0.6 is 23.2 Å². The van der Waals surface area contributed by atoms with Crippen LogP contribution < -0.4 is 0 Å². The van der Waals surface area contributed by atoms with Crippen LogP contribution in [0.1, 0.15) is 16.8 Å². The van der Waals surface area contributed by atoms with Crippen LogP contribution in [0.3, 0.4) is 0 Å². The van der Waals surface area contributed by atoms with Crippen molar-refractivity contribution in [1.29, 1.82) is 0 Å². The first kappa shape index (κ1) is 14.0. The molecule has 0 aromatic heterocycles. The fraction of sp³-hybridized carbons (Fsp3) is 0.364. The maximum absolute atomic E-state index is 12.2. The van der Waals surface area contributed by atoms with E-state index in [0.717, 1.165) is 12.1 Å². The zero-order valence-electron chi connectivity index (χ0n) is 9.68. The summed E-state index contributed by atoms with van der Waals surface area (Å²) in [5, 5.41) is 20.1. The summed E-state index contributed by atoms with van der Waals surface area (Å²) >= 11 is 11.7. The number of likely N-dealkylation sites (tertiary alicyclic amines) is 1. The van der Waals surface area contributed by atoms with E-state index in [1.807, 2.05) is 0 Å². The Morgan fingerprint density at radius 2 is 2.16 bits per heavy atom. The predicted octanol–water partition coefficient (Wildman–Crippen LogP) is 2.11. The van der Waals surface area contributed by atoms with Crippen molar-refractivity contribution in [3.8, 4) is 0 Å². The van der Waals surface area contributed by atoms with Crippen molar-refractivity contribution >= 4 is 34.8 Å². The van der Waals surface area contributed by atoms with Crippen LogP contribution in [-0.2, 0) is 0 Å². The average molecular weight is 305 g/mol. The second-order valence-electron chi connectivity index (χ2n) is 4.24. The lowest BCUT2D eigenvalue weighted by Gasteiger charge is -2.16. The largest absolute Gasteiger partial charge is 0.391 e. The number of rotatable bonds is 2. The van der Waals surface area contributed by atoms with Gasteiger partial charge in [0.2, 0.25) is 0 Å². The molecular formula is C11H10Cl2N2O4. The van der Waals surface area contributed by atoms with E-state index < -0.39 is 16.9 Å². The molecule has 1 amide bonds. The molecule has 1 atom stereocenters. The van der Waals surface area contributed by atoms with E-state index in [9.17, 15) is 20.0 Å². The maximum atomic E-state index is 12.2. The molecule has 0 saturated carbocycles. The molecule has 1 N–H and O–H groups in total. The first-order valence-corrected chi connectivity index (χ1v) is 6.26. The highest BCUT2D eigenvalue weighted by Gasteiger charge is 2.28. The number of nitrogens with zero attached hydrogens (tertiary/aromatic N) is 2. The quantitative estimate of drug-likeness (QED) is 0.670. The second-order valence-corrected chi connectivity index (χ2v) is 5.03. The minimum atomic E-state index is -0.641. The first-order valence-electron chi connectivity index (χ1n) is 5.51. The van der Waals surface area contributed by atoms with Crippen molar-refractivity contribution in [3.63, 3.8) is 0 Å². The summed E-state index contributed by atoms with van der Waals surface area (Å²) in [4.78, 5) is 23.7. The lowest BCUT2D eigenvalue weighted by molar-refractivity contribution is -0.384. The van der Waals surface area contributed by atoms with Gasteiger partial charge in [-0.05, 0) is 6.42 Å². The van der Waals surface area contributed by atoms with E-state index in [-0.39, 0.29) is 27.8 Å². The van der Waals surface area contributed by atoms with Crippen molar-refractivity contribution in [3.05, 3.63) is 37.9 Å². The van der Waals surface area contributed by atoms with E-state index in [0.29, 0.717) is 13.0 Å². The Labute approximate surface area is 118 Å². The number of carbonyl (C=O) groups excluding carboxylic acids is 1. The normalized spacial score (nSPS) is 18.7. The molecule has 2 rings (SSSR count). The molecule has 102 valence electrons. The van der Waals surface area contributed by atoms with E-state index in [1.165, 1.54) is 4.90 Å². The third kappa shape index (κ3) is 2.80. The molecule has 0 radical (unpaired) electrons. The maximum Gasteiger partial charge on any atom is 0.271 e. The Kier molecular flexibility index (Phi) is 3.93. The molecule has 0 spiro atoms. The Morgan fingerprint density at radius 3 is 2.68 bits per heavy atom. The van der Waals surface area contributed by atoms with Crippen LogP contribution in [-0.4, -0.2) is 40.0 Å². The van der Waals surface area contributed by atoms with Gasteiger partial charge >= 0.3 is 0 Å². The minimum Gasteiger partial charge on any atom is -0.391 e. The lowest BCUT2D eigenvalue weighted by atomic mass is 10.1. The number of hydrogen-bond acceptors (Lipinski definition) is 4. The molecule has 1 unspecified atom stereocenters. The lowest BCUT2D eigenvalue weighted by Crippen LogP contribution is -2.29. The number of aliphatic hydroxyl groups is 1. The van der Waals surface area contributed by atoms with Crippen molar-refractivity contribution in [1.82, 2.24) is 4.90 Å². The molecule has 1 heterocycles. The smallest absolute Gasteiger partial charge is 0.271 e. The van der Waals surface area contributed by atoms with Gasteiger partial charge in [0.15, 0.2) is 0 Å². The molecular weight excluding hydrogens is 295 g/mol. The highest BCUT2D eigenvalue weighted by atomic mass is 35.5. The second kappa shape index (κ2) is 5.32. The predicted molar refractivity (Wildman–Crippen MR) is 69.6 cm³/mol. The van der Waals surface area contributed by atoms with E-state index in [1.54, 1.807) is 0 Å². The average Bonchev–Trinajstić information content (AvgIpc) is 2.78. The third-order valence-corrected chi connectivity index (χ3v) is 3.71. The SMILES string of the molecule is O=C(c1cc([N+](=O)[O-])cc(Cl)c1Cl)N1CCC(O)C1. The number of β-amino-alcohol motifs (C(OH)–C–C–N with tert-alkyl or cyclic N) is 1. The number of nitro benzene ring substituents is 1. The van der Waals surface area contributed by atoms with Gasteiger partial charge in [-0.1, -0.05) is 23.2 Å². The van der Waals surface area contributed by atoms with Gasteiger partial charge in [-0.25, -0.2) is 0 Å². The topological polar surface area (TPSA) is 83.7 Å². The van der Waals surface area contributed by atoms with Crippen molar-refractivity contribution in [2.45, 2.75) is 12.5 Å². The molecule has 0 bridgehead atoms. The minimum absolute atomic E-state index is 0.0151. The summed E-state index contributed by atoms with van der Waals surface area (Å²) in [5.41, 5.74) is -0.313. The summed E-state index contributed by atoms with van der Waals surface area (Å²) in [6.45, 7) is 0.576. The molecule has 6 nitrogen and oxygen atoms in total. The van der Waals surface area contributed by atoms with Gasteiger partial charge < -0.3 is 10.0 Å². The number of aliphatic hydroxyl groups excluding tert-OH is 1. The standard InChI is InChI=1S/C11H10Cl2N2O4/c12-9-4-6(15(18)19)3-8(10(9)13)11(17)14-2-1-7(16)5-14/h3-4,7,16H,1-2,5H2. The molecule has 1 aromatic carbocycles. The van der Waals surface area contributed by atoms with Crippen LogP contribution in [0, 0.1) is 10.1 Å². The Hall–Kier alpha value is -1.37. The fourth-order valence-electron chi connectivity index (χ4n) is 1.93. The summed E-state index contributed by atoms with van der Waals surface area (Å²) in [6, 6.07) is 2.20. The van der Waals surface area contributed by atoms with Crippen LogP contribution in [0.15, 0.2) is 12.1 Å². The van der Waals surface area contributed by atoms with Crippen molar-refractivity contribution in [2.75, 3.05) is 13.1 Å². The van der Waals surface area contributed by atoms with Gasteiger partial charge in [0.05, 0.1) is 26.6 Å². The Bertz CT molecular complexity index is 550. The van der Waals surface area contributed by atoms with E-state index >= 15 is 0 Å². The van der Waals surface area contributed by atoms with Gasteiger partial charge in [0.1, 0.15) is 0 Å². The Morgan fingerprint density at radius 1 is 1.47 bits per heavy atom. The van der Waals surface area contributed by atoms with Crippen molar-refractivity contribution in [2.24, 2.45) is 0 Å². The highest BCUT2D eigenvalue weighted by molar-refractivity contribution is 6.44. The molecule has 1 aliphatic heterocycles. The van der Waals surface area contributed by atoms with E-state index in [4.69, 9.17) is 23.2 Å². The zero-order chi connectivity index (χ0) is 14.2. The zero-order valence-corrected chi connectivity index (χ0v) is 11.2. The summed E-state index contributed by atoms with van der Waals surface area (Å²) < 4.78 is 0. The van der Waals surface area contributed by atoms with Crippen molar-refractivity contribution < 1.29 is 14.8 Å². The molecule has 8 heteroatoms. The number of amides is 1. The molecule has 1 aromatic rings. The van der Waals surface area contributed by atoms with Gasteiger partial charge in [-0.15, -0.1) is 0 Å². The third-order valence-electron chi connectivity index (χ3n) is 2.90. The molecule has 1 aliphatic rings. The fourth-order valence-corrected chi connectivity index (χ4v) is 2.34. The molecule has 1 saturated heterocycles. The van der Waals surface area contributed by atoms with Gasteiger partial charge in [0.25, 0.3) is 11.6 Å². The number of benzene rings is 1. The number of nitro groups is 1. The monoisotopic (exact) mass is 304 g/mol. The first-order chi connectivity index (χ1) is 8.90. The van der Waals surface area contributed by atoms with Crippen LogP contribution in [0.5, 0.6) is 0 Å². The molecule has 19 heavy (non-hydrogen) atoms. The molecule has 0 aliphatic carbocycles. The summed E-state index contributed by atoms with van der Waals surface area (Å²) in [6.07, 6.45) is -0.0941. The van der Waals surface area contributed by atoms with E-state index in [2.05, 4.69) is 0 Å². The summed E-state index contributed by atoms with van der Waals surface area (Å²) in [7, 11) is 0. The number of carbonyl (C=O) groups is 1. The van der Waals surface area contributed by atoms with Crippen LogP contribution in [0.25, 0.3) is 0 Å². The van der Waals surface area contributed by atoms with Gasteiger partial charge in [-0.3, -0.25) is 14.9 Å². The van der Waals surface area contributed by atoms with Crippen LogP contribution in [0.2, 0.25) is 10.0 Å². The Balaban J connectivity index is 2.38. The molecule has 1 fully saturated rings. The number of halogens is 2. The van der Waals surface area contributed by atoms with Gasteiger partial charge in [0, 0.05) is 25.2 Å². The number of hydrogen-bond donors (Lipinski definition) is 1. The number of non-ortho nitro benzene ring substituents is 1. The summed E-state index contributed by atoms with van der Waals surface area (Å²) in [5.74, 6) is -0.466.